The lowest BCUT2D eigenvalue weighted by molar-refractivity contribution is 0.0635. The zero-order valence-corrected chi connectivity index (χ0v) is 10.6. The number of nitrogens with zero attached hydrogens (tertiary/aromatic N) is 2. The highest BCUT2D eigenvalue weighted by Crippen LogP contribution is 2.12. The average Bonchev–Trinajstić information content (AvgIpc) is 2.43. The van der Waals surface area contributed by atoms with Gasteiger partial charge in [0.2, 0.25) is 0 Å². The summed E-state index contributed by atoms with van der Waals surface area (Å²) in [5.41, 5.74) is 0.331. The fraction of sp³-hybridized carbons (Fsp3) is 0.636. The molecule has 0 atom stereocenters. The first-order valence-corrected chi connectivity index (χ1v) is 5.47. The molecule has 0 bridgehead atoms. The maximum atomic E-state index is 11.5. The van der Waals surface area contributed by atoms with E-state index in [1.54, 1.807) is 31.5 Å². The van der Waals surface area contributed by atoms with Gasteiger partial charge in [0, 0.05) is 11.8 Å². The number of carbonyl (C=O) groups is 1. The Labute approximate surface area is 101 Å². The Morgan fingerprint density at radius 1 is 1.59 bits per heavy atom. The minimum absolute atomic E-state index is 0.00833. The minimum atomic E-state index is -0.536. The summed E-state index contributed by atoms with van der Waals surface area (Å²) in [6.45, 7) is 7.64. The van der Waals surface area contributed by atoms with Gasteiger partial charge in [0.1, 0.15) is 5.60 Å². The van der Waals surface area contributed by atoms with Gasteiger partial charge in [-0.1, -0.05) is 0 Å². The molecule has 1 amide bonds. The lowest BCUT2D eigenvalue weighted by Crippen LogP contribution is -2.27. The zero-order chi connectivity index (χ0) is 13.1. The highest BCUT2D eigenvalue weighted by atomic mass is 16.6. The molecule has 1 heterocycles. The molecule has 0 aliphatic rings. The predicted octanol–water partition coefficient (Wildman–Crippen LogP) is 1.53. The molecule has 96 valence electrons. The highest BCUT2D eigenvalue weighted by Gasteiger charge is 2.17. The smallest absolute Gasteiger partial charge is 0.413 e. The number of aryl methyl sites for hydroxylation is 1. The molecule has 6 nitrogen and oxygen atoms in total. The molecule has 0 saturated heterocycles. The van der Waals surface area contributed by atoms with Crippen molar-refractivity contribution in [1.29, 1.82) is 0 Å². The molecule has 0 aliphatic carbocycles. The Morgan fingerprint density at radius 3 is 2.76 bits per heavy atom. The van der Waals surface area contributed by atoms with Gasteiger partial charge in [-0.05, 0) is 27.7 Å². The van der Waals surface area contributed by atoms with Crippen molar-refractivity contribution in [3.8, 4) is 0 Å². The normalized spacial score (nSPS) is 11.4. The number of ether oxygens (including phenoxy) is 1. The molecule has 1 rings (SSSR count). The molecule has 17 heavy (non-hydrogen) atoms. The molecular weight excluding hydrogens is 222 g/mol. The number of anilines is 1. The van der Waals surface area contributed by atoms with Gasteiger partial charge in [-0.25, -0.2) is 4.79 Å². The molecule has 0 aromatic carbocycles. The summed E-state index contributed by atoms with van der Waals surface area (Å²) in [4.78, 5) is 11.5. The summed E-state index contributed by atoms with van der Waals surface area (Å²) in [5, 5.41) is 15.5. The predicted molar refractivity (Wildman–Crippen MR) is 63.9 cm³/mol. The topological polar surface area (TPSA) is 76.4 Å². The van der Waals surface area contributed by atoms with E-state index in [0.29, 0.717) is 12.4 Å². The van der Waals surface area contributed by atoms with E-state index < -0.39 is 11.7 Å². The van der Waals surface area contributed by atoms with E-state index in [0.717, 1.165) is 5.69 Å². The van der Waals surface area contributed by atoms with Crippen molar-refractivity contribution in [3.05, 3.63) is 11.8 Å². The number of aliphatic hydroxyl groups excluding tert-OH is 1. The van der Waals surface area contributed by atoms with Crippen LogP contribution in [0.4, 0.5) is 10.6 Å². The van der Waals surface area contributed by atoms with Crippen molar-refractivity contribution in [2.75, 3.05) is 11.9 Å². The van der Waals surface area contributed by atoms with E-state index in [1.807, 2.05) is 6.92 Å². The maximum absolute atomic E-state index is 11.5. The van der Waals surface area contributed by atoms with Crippen LogP contribution >= 0.6 is 0 Å². The molecular formula is C11H19N3O3. The van der Waals surface area contributed by atoms with Crippen LogP contribution in [0.1, 0.15) is 26.5 Å². The van der Waals surface area contributed by atoms with Crippen molar-refractivity contribution in [2.24, 2.45) is 0 Å². The lowest BCUT2D eigenvalue weighted by Gasteiger charge is -2.19. The average molecular weight is 241 g/mol. The third-order valence-corrected chi connectivity index (χ3v) is 1.92. The molecule has 0 radical (unpaired) electrons. The third-order valence-electron chi connectivity index (χ3n) is 1.92. The Morgan fingerprint density at radius 2 is 2.24 bits per heavy atom. The summed E-state index contributed by atoms with van der Waals surface area (Å²) >= 11 is 0. The lowest BCUT2D eigenvalue weighted by atomic mass is 10.2. The molecule has 0 spiro atoms. The molecule has 0 fully saturated rings. The second-order valence-electron chi connectivity index (χ2n) is 4.74. The number of aliphatic hydroxyl groups is 1. The van der Waals surface area contributed by atoms with Gasteiger partial charge >= 0.3 is 6.09 Å². The minimum Gasteiger partial charge on any atom is -0.444 e. The van der Waals surface area contributed by atoms with Crippen LogP contribution in [0, 0.1) is 6.92 Å². The summed E-state index contributed by atoms with van der Waals surface area (Å²) < 4.78 is 6.72. The highest BCUT2D eigenvalue weighted by molar-refractivity contribution is 5.83. The van der Waals surface area contributed by atoms with E-state index in [-0.39, 0.29) is 6.61 Å². The van der Waals surface area contributed by atoms with E-state index in [9.17, 15) is 4.79 Å². The van der Waals surface area contributed by atoms with Crippen LogP contribution in [0.2, 0.25) is 0 Å². The van der Waals surface area contributed by atoms with Crippen LogP contribution < -0.4 is 5.32 Å². The van der Waals surface area contributed by atoms with Gasteiger partial charge in [-0.15, -0.1) is 0 Å². The summed E-state index contributed by atoms with van der Waals surface area (Å²) in [5.74, 6) is 0.421. The van der Waals surface area contributed by atoms with Crippen molar-refractivity contribution < 1.29 is 14.6 Å². The summed E-state index contributed by atoms with van der Waals surface area (Å²) in [6, 6.07) is 1.72. The van der Waals surface area contributed by atoms with E-state index in [2.05, 4.69) is 10.4 Å². The maximum Gasteiger partial charge on any atom is 0.413 e. The van der Waals surface area contributed by atoms with E-state index >= 15 is 0 Å². The van der Waals surface area contributed by atoms with Crippen LogP contribution in [-0.4, -0.2) is 33.2 Å². The first-order valence-electron chi connectivity index (χ1n) is 5.47. The summed E-state index contributed by atoms with van der Waals surface area (Å²) in [6.07, 6.45) is -0.536. The quantitative estimate of drug-likeness (QED) is 0.841. The Hall–Kier alpha value is -1.56. The van der Waals surface area contributed by atoms with Gasteiger partial charge in [-0.2, -0.15) is 5.10 Å². The second kappa shape index (κ2) is 5.18. The number of amides is 1. The van der Waals surface area contributed by atoms with Crippen LogP contribution in [-0.2, 0) is 11.3 Å². The molecule has 0 aliphatic heterocycles. The Kier molecular flexibility index (Phi) is 4.11. The van der Waals surface area contributed by atoms with Gasteiger partial charge in [0.25, 0.3) is 0 Å². The Bertz CT molecular complexity index is 393. The monoisotopic (exact) mass is 241 g/mol. The SMILES string of the molecule is Cc1cc(NC(=O)OC(C)(C)C)nn1CCO. The molecule has 1 aromatic heterocycles. The van der Waals surface area contributed by atoms with Crippen molar-refractivity contribution in [2.45, 2.75) is 39.8 Å². The molecule has 2 N–H and O–H groups in total. The first-order chi connectivity index (χ1) is 7.81. The van der Waals surface area contributed by atoms with Crippen molar-refractivity contribution in [3.63, 3.8) is 0 Å². The molecule has 0 saturated carbocycles. The number of carbonyl (C=O) groups excluding carboxylic acids is 1. The molecule has 1 aromatic rings. The van der Waals surface area contributed by atoms with Gasteiger partial charge in [0.15, 0.2) is 5.82 Å². The third kappa shape index (κ3) is 4.44. The summed E-state index contributed by atoms with van der Waals surface area (Å²) in [7, 11) is 0. The van der Waals surface area contributed by atoms with Gasteiger partial charge in [0.05, 0.1) is 13.2 Å². The number of rotatable bonds is 3. The van der Waals surface area contributed by atoms with Crippen LogP contribution in [0.3, 0.4) is 0 Å². The second-order valence-corrected chi connectivity index (χ2v) is 4.74. The number of nitrogens with one attached hydrogen (secondary N) is 1. The van der Waals surface area contributed by atoms with Crippen molar-refractivity contribution in [1.82, 2.24) is 9.78 Å². The van der Waals surface area contributed by atoms with Gasteiger partial charge < -0.3 is 9.84 Å². The van der Waals surface area contributed by atoms with Crippen LogP contribution in [0.25, 0.3) is 0 Å². The van der Waals surface area contributed by atoms with Crippen molar-refractivity contribution >= 4 is 11.9 Å². The number of aromatic nitrogens is 2. The fourth-order valence-electron chi connectivity index (χ4n) is 1.30. The standard InChI is InChI=1S/C11H19N3O3/c1-8-7-9(13-14(8)5-6-15)12-10(16)17-11(2,3)4/h7,15H,5-6H2,1-4H3,(H,12,13,16). The zero-order valence-electron chi connectivity index (χ0n) is 10.6. The molecule has 0 unspecified atom stereocenters. The van der Waals surface area contributed by atoms with E-state index in [1.165, 1.54) is 0 Å². The number of hydrogen-bond acceptors (Lipinski definition) is 4. The van der Waals surface area contributed by atoms with Crippen LogP contribution in [0.5, 0.6) is 0 Å². The molecule has 6 heteroatoms. The van der Waals surface area contributed by atoms with Crippen LogP contribution in [0.15, 0.2) is 6.07 Å². The largest absolute Gasteiger partial charge is 0.444 e. The van der Waals surface area contributed by atoms with Gasteiger partial charge in [-0.3, -0.25) is 10.00 Å². The van der Waals surface area contributed by atoms with E-state index in [4.69, 9.17) is 9.84 Å². The first kappa shape index (κ1) is 13.5. The fourth-order valence-corrected chi connectivity index (χ4v) is 1.30. The number of hydrogen-bond donors (Lipinski definition) is 2. The Balaban J connectivity index is 2.63.